The summed E-state index contributed by atoms with van der Waals surface area (Å²) >= 11 is 0. The molecule has 0 spiro atoms. The van der Waals surface area contributed by atoms with Gasteiger partial charge in [-0.2, -0.15) is 13.2 Å². The second-order valence-electron chi connectivity index (χ2n) is 5.17. The number of hydrogen-bond donors (Lipinski definition) is 0. The molecule has 3 unspecified atom stereocenters. The van der Waals surface area contributed by atoms with Crippen LogP contribution in [-0.2, 0) is 0 Å². The van der Waals surface area contributed by atoms with Crippen molar-refractivity contribution >= 4 is 0 Å². The van der Waals surface area contributed by atoms with Crippen LogP contribution in [0, 0.1) is 23.7 Å². The maximum absolute atomic E-state index is 12.7. The number of hydrogen-bond acceptors (Lipinski definition) is 0. The Morgan fingerprint density at radius 3 is 2.00 bits per heavy atom. The highest BCUT2D eigenvalue weighted by molar-refractivity contribution is 4.87. The summed E-state index contributed by atoms with van der Waals surface area (Å²) in [6, 6.07) is 0. The molecule has 0 radical (unpaired) electrons. The Morgan fingerprint density at radius 2 is 1.56 bits per heavy atom. The molecular weight excluding hydrogens is 213 g/mol. The van der Waals surface area contributed by atoms with Gasteiger partial charge < -0.3 is 0 Å². The standard InChI is InChI=1S/C13H23F3/c1-4-10(5-2)12-8-6-7-11(12)9(3)13(14,15)16/h9-12H,4-8H2,1-3H3. The largest absolute Gasteiger partial charge is 0.391 e. The first kappa shape index (κ1) is 13.9. The van der Waals surface area contributed by atoms with Gasteiger partial charge in [-0.05, 0) is 30.6 Å². The van der Waals surface area contributed by atoms with Crippen molar-refractivity contribution in [3.63, 3.8) is 0 Å². The van der Waals surface area contributed by atoms with Gasteiger partial charge in [0.15, 0.2) is 0 Å². The van der Waals surface area contributed by atoms with E-state index in [1.807, 2.05) is 0 Å². The van der Waals surface area contributed by atoms with Gasteiger partial charge in [-0.25, -0.2) is 0 Å². The maximum Gasteiger partial charge on any atom is 0.391 e. The quantitative estimate of drug-likeness (QED) is 0.641. The summed E-state index contributed by atoms with van der Waals surface area (Å²) in [6.07, 6.45) is 0.759. The van der Waals surface area contributed by atoms with E-state index in [2.05, 4.69) is 13.8 Å². The molecule has 0 aromatic heterocycles. The lowest BCUT2D eigenvalue weighted by Gasteiger charge is -2.32. The van der Waals surface area contributed by atoms with E-state index in [9.17, 15) is 13.2 Å². The number of halogens is 3. The first-order valence-corrected chi connectivity index (χ1v) is 6.48. The molecule has 0 amide bonds. The molecular formula is C13H23F3. The summed E-state index contributed by atoms with van der Waals surface area (Å²) in [5.74, 6) is -0.477. The molecule has 0 saturated heterocycles. The van der Waals surface area contributed by atoms with Gasteiger partial charge in [-0.1, -0.05) is 40.0 Å². The molecule has 1 saturated carbocycles. The minimum atomic E-state index is -4.01. The summed E-state index contributed by atoms with van der Waals surface area (Å²) in [7, 11) is 0. The van der Waals surface area contributed by atoms with E-state index in [0.717, 1.165) is 32.1 Å². The third-order valence-corrected chi connectivity index (χ3v) is 4.44. The summed E-state index contributed by atoms with van der Waals surface area (Å²) in [5, 5.41) is 0. The fourth-order valence-electron chi connectivity index (χ4n) is 3.36. The zero-order valence-corrected chi connectivity index (χ0v) is 10.5. The molecule has 3 heteroatoms. The molecule has 0 aromatic carbocycles. The third-order valence-electron chi connectivity index (χ3n) is 4.44. The molecule has 1 rings (SSSR count). The monoisotopic (exact) mass is 236 g/mol. The highest BCUT2D eigenvalue weighted by Crippen LogP contribution is 2.47. The Labute approximate surface area is 96.6 Å². The van der Waals surface area contributed by atoms with Crippen LogP contribution in [0.15, 0.2) is 0 Å². The first-order valence-electron chi connectivity index (χ1n) is 6.48. The molecule has 0 aliphatic heterocycles. The van der Waals surface area contributed by atoms with E-state index in [1.54, 1.807) is 0 Å². The first-order chi connectivity index (χ1) is 7.41. The van der Waals surface area contributed by atoms with E-state index in [-0.39, 0.29) is 5.92 Å². The van der Waals surface area contributed by atoms with Crippen molar-refractivity contribution in [1.29, 1.82) is 0 Å². The number of alkyl halides is 3. The smallest absolute Gasteiger partial charge is 0.171 e. The summed E-state index contributed by atoms with van der Waals surface area (Å²) in [6.45, 7) is 5.56. The lowest BCUT2D eigenvalue weighted by Crippen LogP contribution is -2.32. The second kappa shape index (κ2) is 5.42. The fraction of sp³-hybridized carbons (Fsp3) is 1.00. The van der Waals surface area contributed by atoms with Gasteiger partial charge in [-0.3, -0.25) is 0 Å². The molecule has 0 N–H and O–H groups in total. The average Bonchev–Trinajstić information content (AvgIpc) is 2.66. The van der Waals surface area contributed by atoms with Crippen LogP contribution in [0.1, 0.15) is 52.9 Å². The predicted octanol–water partition coefficient (Wildman–Crippen LogP) is 5.04. The van der Waals surface area contributed by atoms with Crippen LogP contribution < -0.4 is 0 Å². The maximum atomic E-state index is 12.7. The van der Waals surface area contributed by atoms with Crippen LogP contribution in [0.3, 0.4) is 0 Å². The summed E-state index contributed by atoms with van der Waals surface area (Å²) < 4.78 is 38.2. The Balaban J connectivity index is 2.72. The highest BCUT2D eigenvalue weighted by atomic mass is 19.4. The lowest BCUT2D eigenvalue weighted by atomic mass is 9.75. The van der Waals surface area contributed by atoms with Crippen LogP contribution in [0.2, 0.25) is 0 Å². The van der Waals surface area contributed by atoms with Crippen molar-refractivity contribution in [2.75, 3.05) is 0 Å². The van der Waals surface area contributed by atoms with Gasteiger partial charge in [0, 0.05) is 0 Å². The molecule has 1 aliphatic carbocycles. The SMILES string of the molecule is CCC(CC)C1CCCC1C(C)C(F)(F)F. The zero-order valence-electron chi connectivity index (χ0n) is 10.5. The van der Waals surface area contributed by atoms with Crippen molar-refractivity contribution < 1.29 is 13.2 Å². The molecule has 0 nitrogen and oxygen atoms in total. The molecule has 0 aromatic rings. The average molecular weight is 236 g/mol. The van der Waals surface area contributed by atoms with Crippen molar-refractivity contribution in [1.82, 2.24) is 0 Å². The second-order valence-corrected chi connectivity index (χ2v) is 5.17. The zero-order chi connectivity index (χ0) is 12.3. The number of rotatable bonds is 4. The van der Waals surface area contributed by atoms with Crippen LogP contribution >= 0.6 is 0 Å². The van der Waals surface area contributed by atoms with E-state index in [4.69, 9.17) is 0 Å². The van der Waals surface area contributed by atoms with Gasteiger partial charge in [0.25, 0.3) is 0 Å². The molecule has 0 bridgehead atoms. The lowest BCUT2D eigenvalue weighted by molar-refractivity contribution is -0.188. The van der Waals surface area contributed by atoms with Gasteiger partial charge in [0.1, 0.15) is 0 Å². The van der Waals surface area contributed by atoms with Crippen molar-refractivity contribution in [3.8, 4) is 0 Å². The Hall–Kier alpha value is -0.210. The Kier molecular flexibility index (Phi) is 4.69. The normalized spacial score (nSPS) is 28.7. The summed E-state index contributed by atoms with van der Waals surface area (Å²) in [5.41, 5.74) is 0. The molecule has 1 fully saturated rings. The van der Waals surface area contributed by atoms with E-state index >= 15 is 0 Å². The summed E-state index contributed by atoms with van der Waals surface area (Å²) in [4.78, 5) is 0. The van der Waals surface area contributed by atoms with Crippen LogP contribution in [-0.4, -0.2) is 6.18 Å². The van der Waals surface area contributed by atoms with Gasteiger partial charge in [0.2, 0.25) is 0 Å². The molecule has 1 aliphatic rings. The Morgan fingerprint density at radius 1 is 1.06 bits per heavy atom. The van der Waals surface area contributed by atoms with Crippen molar-refractivity contribution in [2.45, 2.75) is 59.1 Å². The van der Waals surface area contributed by atoms with Crippen LogP contribution in [0.4, 0.5) is 13.2 Å². The van der Waals surface area contributed by atoms with Crippen molar-refractivity contribution in [3.05, 3.63) is 0 Å². The van der Waals surface area contributed by atoms with E-state index in [0.29, 0.717) is 11.8 Å². The topological polar surface area (TPSA) is 0 Å². The van der Waals surface area contributed by atoms with E-state index in [1.165, 1.54) is 6.92 Å². The molecule has 16 heavy (non-hydrogen) atoms. The molecule has 0 heterocycles. The van der Waals surface area contributed by atoms with Crippen LogP contribution in [0.5, 0.6) is 0 Å². The minimum Gasteiger partial charge on any atom is -0.171 e. The van der Waals surface area contributed by atoms with Crippen LogP contribution in [0.25, 0.3) is 0 Å². The molecule has 96 valence electrons. The third kappa shape index (κ3) is 2.92. The Bertz CT molecular complexity index is 206. The fourth-order valence-corrected chi connectivity index (χ4v) is 3.36. The van der Waals surface area contributed by atoms with Gasteiger partial charge >= 0.3 is 6.18 Å². The minimum absolute atomic E-state index is 0.134. The van der Waals surface area contributed by atoms with Crippen molar-refractivity contribution in [2.24, 2.45) is 23.7 Å². The van der Waals surface area contributed by atoms with Gasteiger partial charge in [-0.15, -0.1) is 0 Å². The molecule has 3 atom stereocenters. The van der Waals surface area contributed by atoms with E-state index < -0.39 is 12.1 Å². The predicted molar refractivity (Wildman–Crippen MR) is 60.1 cm³/mol. The highest BCUT2D eigenvalue weighted by Gasteiger charge is 2.46. The van der Waals surface area contributed by atoms with Gasteiger partial charge in [0.05, 0.1) is 5.92 Å².